The van der Waals surface area contributed by atoms with E-state index in [9.17, 15) is 20.0 Å². The molecule has 0 saturated carbocycles. The average molecular weight is 518 g/mol. The van der Waals surface area contributed by atoms with E-state index in [-0.39, 0.29) is 30.3 Å². The standard InChI is InChI=1S/C29H32N4O5/c1-2-30(19-21-8-4-3-5-9-21)28(34)22-12-13-26(27(18-22)33(36)37)31-16-14-24(15-17-31)32-25-11-7-6-10-23(25)20-38-29(32)35/h3-13,18,24,36-37H,2,14-17,19-20H2,1H3/p+1. The topological polar surface area (TPSA) is 98.0 Å². The second-order valence-electron chi connectivity index (χ2n) is 9.63. The van der Waals surface area contributed by atoms with Crippen LogP contribution in [0.15, 0.2) is 72.8 Å². The van der Waals surface area contributed by atoms with Gasteiger partial charge in [-0.3, -0.25) is 9.69 Å². The number of piperidine rings is 1. The predicted octanol–water partition coefficient (Wildman–Crippen LogP) is 3.77. The molecule has 0 radical (unpaired) electrons. The first-order valence-electron chi connectivity index (χ1n) is 13.0. The molecule has 0 atom stereocenters. The number of quaternary nitrogens is 1. The maximum Gasteiger partial charge on any atom is 0.414 e. The highest BCUT2D eigenvalue weighted by molar-refractivity contribution is 5.96. The van der Waals surface area contributed by atoms with E-state index in [4.69, 9.17) is 4.74 Å². The molecule has 2 aliphatic rings. The van der Waals surface area contributed by atoms with E-state index in [1.807, 2.05) is 61.5 Å². The van der Waals surface area contributed by atoms with Crippen LogP contribution in [0, 0.1) is 0 Å². The van der Waals surface area contributed by atoms with Gasteiger partial charge in [-0.1, -0.05) is 48.5 Å². The lowest BCUT2D eigenvalue weighted by Gasteiger charge is -2.41. The van der Waals surface area contributed by atoms with Crippen LogP contribution in [0.2, 0.25) is 0 Å². The van der Waals surface area contributed by atoms with Crippen LogP contribution in [0.25, 0.3) is 0 Å². The summed E-state index contributed by atoms with van der Waals surface area (Å²) >= 11 is 0. The van der Waals surface area contributed by atoms with E-state index < -0.39 is 5.23 Å². The maximum absolute atomic E-state index is 13.3. The lowest BCUT2D eigenvalue weighted by molar-refractivity contribution is -1.19. The van der Waals surface area contributed by atoms with E-state index in [1.165, 1.54) is 0 Å². The van der Waals surface area contributed by atoms with Gasteiger partial charge in [0.05, 0.1) is 5.69 Å². The smallest absolute Gasteiger partial charge is 0.414 e. The first kappa shape index (κ1) is 25.7. The van der Waals surface area contributed by atoms with Crippen molar-refractivity contribution in [3.8, 4) is 0 Å². The summed E-state index contributed by atoms with van der Waals surface area (Å²) < 4.78 is 5.40. The molecule has 9 nitrogen and oxygen atoms in total. The van der Waals surface area contributed by atoms with Crippen molar-refractivity contribution in [2.45, 2.75) is 39.0 Å². The molecule has 38 heavy (non-hydrogen) atoms. The van der Waals surface area contributed by atoms with E-state index in [0.717, 1.165) is 16.8 Å². The molecule has 2 amide bonds. The molecule has 0 aromatic heterocycles. The largest absolute Gasteiger partial charge is 0.444 e. The van der Waals surface area contributed by atoms with Crippen LogP contribution in [0.3, 0.4) is 0 Å². The number of carbonyl (C=O) groups excluding carboxylic acids is 2. The molecule has 3 aromatic carbocycles. The monoisotopic (exact) mass is 517 g/mol. The van der Waals surface area contributed by atoms with Crippen molar-refractivity contribution in [3.63, 3.8) is 0 Å². The van der Waals surface area contributed by atoms with Gasteiger partial charge in [-0.15, -0.1) is 0 Å². The molecule has 9 heteroatoms. The van der Waals surface area contributed by atoms with Crippen LogP contribution < -0.4 is 15.0 Å². The summed E-state index contributed by atoms with van der Waals surface area (Å²) in [4.78, 5) is 31.5. The Bertz CT molecular complexity index is 1290. The zero-order chi connectivity index (χ0) is 26.6. The number of ether oxygens (including phenoxy) is 1. The minimum atomic E-state index is -0.823. The van der Waals surface area contributed by atoms with Crippen LogP contribution in [0.4, 0.5) is 21.9 Å². The van der Waals surface area contributed by atoms with Crippen molar-refractivity contribution in [3.05, 3.63) is 89.5 Å². The van der Waals surface area contributed by atoms with E-state index in [1.54, 1.807) is 28.0 Å². The van der Waals surface area contributed by atoms with Crippen molar-refractivity contribution in [1.29, 1.82) is 0 Å². The quantitative estimate of drug-likeness (QED) is 0.413. The number of carbonyl (C=O) groups is 2. The molecule has 1 fully saturated rings. The van der Waals surface area contributed by atoms with Crippen molar-refractivity contribution in [1.82, 2.24) is 4.90 Å². The zero-order valence-electron chi connectivity index (χ0n) is 21.4. The van der Waals surface area contributed by atoms with Gasteiger partial charge >= 0.3 is 6.09 Å². The number of nitrogens with one attached hydrogen (secondary N) is 1. The molecule has 0 bridgehead atoms. The van der Waals surface area contributed by atoms with Crippen molar-refractivity contribution < 1.29 is 30.0 Å². The van der Waals surface area contributed by atoms with Crippen molar-refractivity contribution in [2.75, 3.05) is 29.4 Å². The Morgan fingerprint density at radius 2 is 1.71 bits per heavy atom. The highest BCUT2D eigenvalue weighted by Crippen LogP contribution is 2.34. The van der Waals surface area contributed by atoms with E-state index >= 15 is 0 Å². The Hall–Kier alpha value is -3.92. The number of nitrogens with zero attached hydrogens (tertiary/aromatic N) is 3. The second kappa shape index (κ2) is 11.2. The number of anilines is 2. The van der Waals surface area contributed by atoms with Crippen LogP contribution in [-0.2, 0) is 17.9 Å². The Morgan fingerprint density at radius 1 is 1.00 bits per heavy atom. The molecule has 0 spiro atoms. The third-order valence-corrected chi connectivity index (χ3v) is 7.34. The third kappa shape index (κ3) is 5.22. The van der Waals surface area contributed by atoms with Gasteiger partial charge in [0.1, 0.15) is 12.3 Å². The summed E-state index contributed by atoms with van der Waals surface area (Å²) in [7, 11) is 0. The van der Waals surface area contributed by atoms with Crippen LogP contribution >= 0.6 is 0 Å². The number of para-hydroxylation sites is 1. The van der Waals surface area contributed by atoms with Gasteiger partial charge in [-0.2, -0.15) is 10.4 Å². The van der Waals surface area contributed by atoms with Gasteiger partial charge in [0, 0.05) is 49.4 Å². The lowest BCUT2D eigenvalue weighted by Crippen LogP contribution is -3.02. The lowest BCUT2D eigenvalue weighted by atomic mass is 9.99. The van der Waals surface area contributed by atoms with Gasteiger partial charge in [0.25, 0.3) is 5.91 Å². The zero-order valence-corrected chi connectivity index (χ0v) is 21.4. The number of rotatable bonds is 7. The summed E-state index contributed by atoms with van der Waals surface area (Å²) in [6.07, 6.45) is 1.05. The molecular weight excluding hydrogens is 484 g/mol. The van der Waals surface area contributed by atoms with Crippen molar-refractivity contribution in [2.24, 2.45) is 0 Å². The minimum absolute atomic E-state index is 0.0210. The predicted molar refractivity (Wildman–Crippen MR) is 142 cm³/mol. The van der Waals surface area contributed by atoms with Crippen molar-refractivity contribution >= 4 is 29.1 Å². The first-order chi connectivity index (χ1) is 18.5. The highest BCUT2D eigenvalue weighted by atomic mass is 16.8. The fourth-order valence-corrected chi connectivity index (χ4v) is 5.32. The highest BCUT2D eigenvalue weighted by Gasteiger charge is 2.35. The van der Waals surface area contributed by atoms with Crippen LogP contribution in [-0.4, -0.2) is 53.0 Å². The molecule has 5 rings (SSSR count). The summed E-state index contributed by atoms with van der Waals surface area (Å²) in [6, 6.07) is 22.6. The van der Waals surface area contributed by atoms with E-state index in [2.05, 4.69) is 4.90 Å². The fraction of sp³-hybridized carbons (Fsp3) is 0.310. The van der Waals surface area contributed by atoms with Gasteiger partial charge in [-0.05, 0) is 48.8 Å². The third-order valence-electron chi connectivity index (χ3n) is 7.34. The normalized spacial score (nSPS) is 15.8. The molecule has 1 saturated heterocycles. The van der Waals surface area contributed by atoms with Gasteiger partial charge in [0.2, 0.25) is 5.69 Å². The number of hydrogen-bond donors (Lipinski definition) is 3. The van der Waals surface area contributed by atoms with Gasteiger partial charge in [-0.25, -0.2) is 4.79 Å². The minimum Gasteiger partial charge on any atom is -0.444 e. The molecule has 2 heterocycles. The van der Waals surface area contributed by atoms with Crippen LogP contribution in [0.1, 0.15) is 41.3 Å². The molecule has 0 unspecified atom stereocenters. The number of hydrogen-bond acceptors (Lipinski definition) is 6. The maximum atomic E-state index is 13.3. The molecule has 198 valence electrons. The Kier molecular flexibility index (Phi) is 7.59. The Morgan fingerprint density at radius 3 is 2.42 bits per heavy atom. The average Bonchev–Trinajstić information content (AvgIpc) is 2.96. The SMILES string of the molecule is CCN(Cc1ccccc1)C(=O)c1ccc(N2CCC(N3C(=O)OCc4ccccc43)CC2)c([NH+](O)O)c1. The van der Waals surface area contributed by atoms with E-state index in [0.29, 0.717) is 50.3 Å². The Balaban J connectivity index is 1.31. The molecule has 3 N–H and O–H groups in total. The molecule has 3 aromatic rings. The Labute approximate surface area is 222 Å². The first-order valence-corrected chi connectivity index (χ1v) is 13.0. The summed E-state index contributed by atoms with van der Waals surface area (Å²) in [5, 5.41) is 19.4. The summed E-state index contributed by atoms with van der Waals surface area (Å²) in [5.74, 6) is -0.175. The molecular formula is C29H33N4O5+. The molecule has 0 aliphatic carbocycles. The summed E-state index contributed by atoms with van der Waals surface area (Å²) in [5.41, 5.74) is 4.16. The molecule has 2 aliphatic heterocycles. The van der Waals surface area contributed by atoms with Gasteiger partial charge < -0.3 is 14.5 Å². The number of amides is 2. The second-order valence-corrected chi connectivity index (χ2v) is 9.63. The number of cyclic esters (lactones) is 1. The number of benzene rings is 3. The van der Waals surface area contributed by atoms with Crippen LogP contribution in [0.5, 0.6) is 0 Å². The number of fused-ring (bicyclic) bond motifs is 1. The summed E-state index contributed by atoms with van der Waals surface area (Å²) in [6.45, 7) is 4.42. The van der Waals surface area contributed by atoms with Gasteiger partial charge in [0.15, 0.2) is 0 Å². The fourth-order valence-electron chi connectivity index (χ4n) is 5.32.